The summed E-state index contributed by atoms with van der Waals surface area (Å²) >= 11 is 0. The summed E-state index contributed by atoms with van der Waals surface area (Å²) in [6.07, 6.45) is 0. The Kier molecular flexibility index (Phi) is 5.25. The third-order valence-corrected chi connectivity index (χ3v) is 6.01. The predicted octanol–water partition coefficient (Wildman–Crippen LogP) is 5.21. The number of hydrogen-bond acceptors (Lipinski definition) is 5. The second kappa shape index (κ2) is 7.14. The van der Waals surface area contributed by atoms with Gasteiger partial charge in [-0.1, -0.05) is 0 Å². The van der Waals surface area contributed by atoms with E-state index in [1.165, 1.54) is 7.11 Å². The zero-order valence-electron chi connectivity index (χ0n) is 18.4. The maximum absolute atomic E-state index is 13.5. The Morgan fingerprint density at radius 1 is 0.690 bits per heavy atom. The lowest BCUT2D eigenvalue weighted by atomic mass is 9.82. The molecule has 0 fully saturated rings. The van der Waals surface area contributed by atoms with Crippen LogP contribution in [-0.4, -0.2) is 35.3 Å². The van der Waals surface area contributed by atoms with Crippen molar-refractivity contribution in [1.29, 1.82) is 0 Å². The van der Waals surface area contributed by atoms with E-state index in [-0.39, 0.29) is 17.1 Å². The van der Waals surface area contributed by atoms with Gasteiger partial charge in [-0.05, 0) is 70.0 Å². The molecule has 0 N–H and O–H groups in total. The molecule has 0 atom stereocenters. The Bertz CT molecular complexity index is 1010. The Balaban J connectivity index is 2.24. The second-order valence-electron chi connectivity index (χ2n) is 9.32. The van der Waals surface area contributed by atoms with Gasteiger partial charge in [-0.2, -0.15) is 0 Å². The van der Waals surface area contributed by atoms with E-state index in [4.69, 9.17) is 13.6 Å². The normalized spacial score (nSPS) is 13.7. The van der Waals surface area contributed by atoms with Crippen LogP contribution in [0.15, 0.2) is 24.3 Å². The first-order chi connectivity index (χ1) is 13.3. The van der Waals surface area contributed by atoms with E-state index in [2.05, 4.69) is 19.6 Å². The Hall–Kier alpha value is -2.39. The Labute approximate surface area is 174 Å². The first-order valence-electron chi connectivity index (χ1n) is 9.65. The average Bonchev–Trinajstić information content (AvgIpc) is 2.55. The molecule has 1 aliphatic rings. The van der Waals surface area contributed by atoms with Crippen molar-refractivity contribution in [2.24, 2.45) is 0 Å². The minimum atomic E-state index is -1.99. The molecular weight excluding hydrogens is 400 g/mol. The molecule has 1 aliphatic carbocycles. The van der Waals surface area contributed by atoms with E-state index in [0.29, 0.717) is 33.9 Å². The monoisotopic (exact) mass is 428 g/mol. The molecule has 29 heavy (non-hydrogen) atoms. The number of carbonyl (C=O) groups excluding carboxylic acids is 2. The molecule has 0 spiro atoms. The minimum absolute atomic E-state index is 0.210. The molecule has 0 saturated carbocycles. The van der Waals surface area contributed by atoms with Crippen molar-refractivity contribution in [2.75, 3.05) is 7.11 Å². The molecule has 0 aromatic heterocycles. The van der Waals surface area contributed by atoms with Crippen LogP contribution in [0.1, 0.15) is 37.4 Å². The fraction of sp³-hybridized carbons (Fsp3) is 0.364. The number of ether oxygens (including phenoxy) is 1. The largest absolute Gasteiger partial charge is 0.544 e. The van der Waals surface area contributed by atoms with Gasteiger partial charge in [-0.25, -0.2) is 0 Å². The number of aryl methyl sites for hydroxylation is 1. The highest BCUT2D eigenvalue weighted by molar-refractivity contribution is 6.70. The third kappa shape index (κ3) is 4.30. The molecule has 0 bridgehead atoms. The van der Waals surface area contributed by atoms with Gasteiger partial charge in [-0.3, -0.25) is 9.59 Å². The lowest BCUT2D eigenvalue weighted by molar-refractivity contribution is 0.0974. The van der Waals surface area contributed by atoms with Gasteiger partial charge < -0.3 is 13.6 Å². The van der Waals surface area contributed by atoms with E-state index >= 15 is 0 Å². The SMILES string of the molecule is COc1cc(O[Si](C)(C)C)cc2c1C(=O)c1c(O[Si](C)(C)C)cc(C)cc1C2=O. The number of ketones is 2. The van der Waals surface area contributed by atoms with Crippen molar-refractivity contribution in [3.63, 3.8) is 0 Å². The molecule has 0 radical (unpaired) electrons. The van der Waals surface area contributed by atoms with E-state index < -0.39 is 16.6 Å². The quantitative estimate of drug-likeness (QED) is 0.522. The number of benzene rings is 2. The van der Waals surface area contributed by atoms with Crippen LogP contribution in [0.3, 0.4) is 0 Å². The molecule has 2 aromatic rings. The van der Waals surface area contributed by atoms with E-state index in [1.807, 2.05) is 32.6 Å². The van der Waals surface area contributed by atoms with Gasteiger partial charge in [0.25, 0.3) is 0 Å². The van der Waals surface area contributed by atoms with Gasteiger partial charge in [0.2, 0.25) is 22.4 Å². The molecule has 0 aliphatic heterocycles. The Morgan fingerprint density at radius 2 is 1.24 bits per heavy atom. The van der Waals surface area contributed by atoms with Crippen LogP contribution in [0.4, 0.5) is 0 Å². The molecule has 154 valence electrons. The van der Waals surface area contributed by atoms with Crippen molar-refractivity contribution in [3.05, 3.63) is 52.1 Å². The molecular formula is C22H28O5Si2. The Morgan fingerprint density at radius 3 is 1.79 bits per heavy atom. The van der Waals surface area contributed by atoms with Crippen LogP contribution in [0.2, 0.25) is 39.3 Å². The number of rotatable bonds is 5. The maximum Gasteiger partial charge on any atom is 0.242 e. The first kappa shape index (κ1) is 21.3. The van der Waals surface area contributed by atoms with Gasteiger partial charge in [-0.15, -0.1) is 0 Å². The minimum Gasteiger partial charge on any atom is -0.544 e. The van der Waals surface area contributed by atoms with Gasteiger partial charge in [0.05, 0.1) is 18.2 Å². The van der Waals surface area contributed by atoms with Crippen LogP contribution < -0.4 is 13.6 Å². The van der Waals surface area contributed by atoms with Crippen LogP contribution in [-0.2, 0) is 0 Å². The molecule has 0 unspecified atom stereocenters. The molecule has 0 saturated heterocycles. The molecule has 7 heteroatoms. The fourth-order valence-corrected chi connectivity index (χ4v) is 5.07. The van der Waals surface area contributed by atoms with Crippen LogP contribution in [0, 0.1) is 6.92 Å². The number of carbonyl (C=O) groups is 2. The van der Waals surface area contributed by atoms with Crippen molar-refractivity contribution in [3.8, 4) is 17.2 Å². The van der Waals surface area contributed by atoms with E-state index in [1.54, 1.807) is 18.2 Å². The summed E-state index contributed by atoms with van der Waals surface area (Å²) in [7, 11) is -2.40. The molecule has 0 heterocycles. The predicted molar refractivity (Wildman–Crippen MR) is 119 cm³/mol. The van der Waals surface area contributed by atoms with Crippen molar-refractivity contribution in [1.82, 2.24) is 0 Å². The van der Waals surface area contributed by atoms with Crippen LogP contribution >= 0.6 is 0 Å². The number of fused-ring (bicyclic) bond motifs is 2. The lowest BCUT2D eigenvalue weighted by Gasteiger charge is -2.27. The van der Waals surface area contributed by atoms with E-state index in [0.717, 1.165) is 5.56 Å². The second-order valence-corrected chi connectivity index (χ2v) is 18.2. The topological polar surface area (TPSA) is 61.8 Å². The number of hydrogen-bond donors (Lipinski definition) is 0. The molecule has 3 rings (SSSR count). The fourth-order valence-electron chi connectivity index (χ4n) is 3.42. The standard InChI is InChI=1S/C22H28O5Si2/c1-13-9-15-20(18(10-13)27-29(6,7)8)22(24)19-16(21(15)23)11-14(12-17(19)25-2)26-28(3,4)5/h9-12H,1-8H3. The summed E-state index contributed by atoms with van der Waals surface area (Å²) in [5.74, 6) is 0.917. The smallest absolute Gasteiger partial charge is 0.242 e. The highest BCUT2D eigenvalue weighted by Gasteiger charge is 2.37. The summed E-state index contributed by atoms with van der Waals surface area (Å²) in [4.78, 5) is 26.9. The first-order valence-corrected chi connectivity index (χ1v) is 16.5. The van der Waals surface area contributed by atoms with Crippen molar-refractivity contribution < 1.29 is 23.2 Å². The summed E-state index contributed by atoms with van der Waals surface area (Å²) in [6.45, 7) is 14.2. The highest BCUT2D eigenvalue weighted by Crippen LogP contribution is 2.41. The zero-order chi connectivity index (χ0) is 21.7. The maximum atomic E-state index is 13.5. The van der Waals surface area contributed by atoms with Gasteiger partial charge in [0.1, 0.15) is 17.2 Å². The van der Waals surface area contributed by atoms with Crippen LogP contribution in [0.5, 0.6) is 17.2 Å². The van der Waals surface area contributed by atoms with Gasteiger partial charge in [0.15, 0.2) is 5.78 Å². The average molecular weight is 429 g/mol. The third-order valence-electron chi connectivity index (χ3n) is 4.33. The molecule has 0 amide bonds. The summed E-state index contributed by atoms with van der Waals surface area (Å²) in [5.41, 5.74) is 2.18. The van der Waals surface area contributed by atoms with Crippen LogP contribution in [0.25, 0.3) is 0 Å². The van der Waals surface area contributed by atoms with Gasteiger partial charge in [0, 0.05) is 17.2 Å². The summed E-state index contributed by atoms with van der Waals surface area (Å²) in [6, 6.07) is 6.96. The number of methoxy groups -OCH3 is 1. The van der Waals surface area contributed by atoms with Crippen molar-refractivity contribution in [2.45, 2.75) is 46.2 Å². The summed E-state index contributed by atoms with van der Waals surface area (Å²) < 4.78 is 17.8. The lowest BCUT2D eigenvalue weighted by Crippen LogP contribution is -2.32. The molecule has 5 nitrogen and oxygen atoms in total. The molecule has 2 aromatic carbocycles. The van der Waals surface area contributed by atoms with Gasteiger partial charge >= 0.3 is 0 Å². The van der Waals surface area contributed by atoms with Crippen molar-refractivity contribution >= 4 is 28.2 Å². The highest BCUT2D eigenvalue weighted by atomic mass is 28.4. The summed E-state index contributed by atoms with van der Waals surface area (Å²) in [5, 5.41) is 0. The van der Waals surface area contributed by atoms with E-state index in [9.17, 15) is 9.59 Å². The zero-order valence-corrected chi connectivity index (χ0v) is 20.4.